The van der Waals surface area contributed by atoms with Gasteiger partial charge in [0.2, 0.25) is 23.6 Å². The Balaban J connectivity index is 1.27. The van der Waals surface area contributed by atoms with E-state index in [1.54, 1.807) is 0 Å². The highest BCUT2D eigenvalue weighted by Gasteiger charge is 2.32. The number of H-pyrrole nitrogens is 1. The van der Waals surface area contributed by atoms with Crippen LogP contribution in [0, 0.1) is 5.92 Å². The van der Waals surface area contributed by atoms with Crippen LogP contribution in [0.3, 0.4) is 0 Å². The number of amides is 4. The Morgan fingerprint density at radius 1 is 0.673 bits per heavy atom. The first kappa shape index (κ1) is 33.4. The van der Waals surface area contributed by atoms with Crippen molar-refractivity contribution < 1.29 is 19.2 Å². The molecular weight excluding hydrogens is 616 g/mol. The lowest BCUT2D eigenvalue weighted by Crippen LogP contribution is -2.58. The summed E-state index contributed by atoms with van der Waals surface area (Å²) in [6, 6.07) is 27.9. The van der Waals surface area contributed by atoms with Gasteiger partial charge in [0.15, 0.2) is 0 Å². The van der Waals surface area contributed by atoms with E-state index in [0.29, 0.717) is 12.8 Å². The van der Waals surface area contributed by atoms with Gasteiger partial charge < -0.3 is 32.0 Å². The molecule has 10 nitrogen and oxygen atoms in total. The number of piperidine rings is 1. The molecule has 1 aliphatic heterocycles. The van der Waals surface area contributed by atoms with E-state index in [1.807, 2.05) is 103 Å². The molecule has 3 atom stereocenters. The molecule has 49 heavy (non-hydrogen) atoms. The van der Waals surface area contributed by atoms with Gasteiger partial charge in [0, 0.05) is 42.3 Å². The van der Waals surface area contributed by atoms with Crippen LogP contribution in [0.2, 0.25) is 0 Å². The summed E-state index contributed by atoms with van der Waals surface area (Å²) in [4.78, 5) is 57.5. The number of rotatable bonds is 13. The maximum absolute atomic E-state index is 14.2. The number of aromatic amines is 1. The van der Waals surface area contributed by atoms with E-state index in [2.05, 4.69) is 26.3 Å². The number of carbonyl (C=O) groups excluding carboxylic acids is 4. The van der Waals surface area contributed by atoms with Gasteiger partial charge in [0.1, 0.15) is 18.1 Å². The molecule has 2 heterocycles. The summed E-state index contributed by atoms with van der Waals surface area (Å²) in [6.45, 7) is 1.47. The lowest BCUT2D eigenvalue weighted by molar-refractivity contribution is -0.134. The summed E-state index contributed by atoms with van der Waals surface area (Å²) >= 11 is 0. The van der Waals surface area contributed by atoms with Crippen molar-refractivity contribution in [1.29, 1.82) is 0 Å². The SMILES string of the molecule is NC(=O)C(Cc1ccccc1)NC(=O)C(Cc1c[nH]c2ccccc12)NC(=O)[C@@H](Cc1ccc2ccccc2c1)NC(=O)C1CCNCC1. The van der Waals surface area contributed by atoms with Crippen LogP contribution in [-0.2, 0) is 38.4 Å². The molecule has 1 fully saturated rings. The minimum Gasteiger partial charge on any atom is -0.368 e. The predicted molar refractivity (Wildman–Crippen MR) is 190 cm³/mol. The molecule has 2 unspecified atom stereocenters. The second-order valence-electron chi connectivity index (χ2n) is 12.7. The predicted octanol–water partition coefficient (Wildman–Crippen LogP) is 3.29. The first-order chi connectivity index (χ1) is 23.8. The molecule has 252 valence electrons. The monoisotopic (exact) mass is 658 g/mol. The number of nitrogens with two attached hydrogens (primary N) is 1. The summed E-state index contributed by atoms with van der Waals surface area (Å²) < 4.78 is 0. The van der Waals surface area contributed by atoms with Gasteiger partial charge >= 0.3 is 0 Å². The quantitative estimate of drug-likeness (QED) is 0.114. The zero-order valence-electron chi connectivity index (χ0n) is 27.3. The third kappa shape index (κ3) is 8.52. The van der Waals surface area contributed by atoms with Crippen molar-refractivity contribution in [3.63, 3.8) is 0 Å². The Hall–Kier alpha value is -5.48. The van der Waals surface area contributed by atoms with Gasteiger partial charge in [-0.15, -0.1) is 0 Å². The number of fused-ring (bicyclic) bond motifs is 2. The Morgan fingerprint density at radius 3 is 2.06 bits per heavy atom. The van der Waals surface area contributed by atoms with Crippen LogP contribution in [0.4, 0.5) is 0 Å². The van der Waals surface area contributed by atoms with Crippen molar-refractivity contribution >= 4 is 45.3 Å². The average molecular weight is 659 g/mol. The summed E-state index contributed by atoms with van der Waals surface area (Å²) in [5.74, 6) is -2.12. The number of nitrogens with one attached hydrogen (secondary N) is 5. The third-order valence-corrected chi connectivity index (χ3v) is 9.27. The van der Waals surface area contributed by atoms with E-state index >= 15 is 0 Å². The molecule has 0 saturated carbocycles. The van der Waals surface area contributed by atoms with Crippen molar-refractivity contribution in [1.82, 2.24) is 26.3 Å². The maximum Gasteiger partial charge on any atom is 0.243 e. The van der Waals surface area contributed by atoms with Crippen LogP contribution in [0.15, 0.2) is 103 Å². The molecule has 4 aromatic carbocycles. The van der Waals surface area contributed by atoms with E-state index in [0.717, 1.165) is 51.5 Å². The molecule has 1 saturated heterocycles. The summed E-state index contributed by atoms with van der Waals surface area (Å²) in [5.41, 5.74) is 9.17. The van der Waals surface area contributed by atoms with Crippen LogP contribution < -0.4 is 27.0 Å². The van der Waals surface area contributed by atoms with Crippen LogP contribution in [0.5, 0.6) is 0 Å². The Bertz CT molecular complexity index is 1930. The van der Waals surface area contributed by atoms with Gasteiger partial charge in [0.05, 0.1) is 0 Å². The lowest BCUT2D eigenvalue weighted by Gasteiger charge is -2.27. The standard InChI is InChI=1S/C39H42N6O4/c40-36(46)33(21-25-8-2-1-3-9-25)43-39(49)35(23-30-24-42-32-13-7-6-12-31(30)32)45-38(48)34(44-37(47)28-16-18-41-19-17-28)22-26-14-15-27-10-4-5-11-29(27)20-26/h1-15,20,24,28,33-35,41-42H,16-19,21-23H2,(H2,40,46)(H,43,49)(H,44,47)(H,45,48)/t33?,34-,35?/m1/s1. The lowest BCUT2D eigenvalue weighted by atomic mass is 9.95. The third-order valence-electron chi connectivity index (χ3n) is 9.27. The van der Waals surface area contributed by atoms with Gasteiger partial charge in [-0.2, -0.15) is 0 Å². The molecule has 1 aliphatic rings. The molecule has 6 rings (SSSR count). The fourth-order valence-electron chi connectivity index (χ4n) is 6.53. The summed E-state index contributed by atoms with van der Waals surface area (Å²) in [5, 5.41) is 15.0. The van der Waals surface area contributed by atoms with Crippen LogP contribution in [0.1, 0.15) is 29.5 Å². The van der Waals surface area contributed by atoms with Crippen LogP contribution >= 0.6 is 0 Å². The number of para-hydroxylation sites is 1. The Kier molecular flexibility index (Phi) is 10.6. The smallest absolute Gasteiger partial charge is 0.243 e. The topological polar surface area (TPSA) is 158 Å². The molecule has 0 bridgehead atoms. The Morgan fingerprint density at radius 2 is 1.31 bits per heavy atom. The molecular formula is C39H42N6O4. The molecule has 5 aromatic rings. The fraction of sp³-hybridized carbons (Fsp3) is 0.282. The largest absolute Gasteiger partial charge is 0.368 e. The molecule has 1 aromatic heterocycles. The minimum atomic E-state index is -1.07. The summed E-state index contributed by atoms with van der Waals surface area (Å²) in [6.07, 6.45) is 3.75. The average Bonchev–Trinajstić information content (AvgIpc) is 3.54. The highest BCUT2D eigenvalue weighted by atomic mass is 16.2. The number of carbonyl (C=O) groups is 4. The first-order valence-electron chi connectivity index (χ1n) is 16.8. The van der Waals surface area contributed by atoms with Gasteiger partial charge in [-0.1, -0.05) is 91.0 Å². The van der Waals surface area contributed by atoms with Gasteiger partial charge in [-0.25, -0.2) is 0 Å². The van der Waals surface area contributed by atoms with Gasteiger partial charge in [-0.05, 0) is 59.5 Å². The number of aromatic nitrogens is 1. The molecule has 0 aliphatic carbocycles. The molecule has 10 heteroatoms. The van der Waals surface area contributed by atoms with Crippen LogP contribution in [0.25, 0.3) is 21.7 Å². The zero-order chi connectivity index (χ0) is 34.2. The molecule has 0 spiro atoms. The van der Waals surface area contributed by atoms with E-state index in [-0.39, 0.29) is 31.1 Å². The number of hydrogen-bond acceptors (Lipinski definition) is 5. The fourth-order valence-corrected chi connectivity index (χ4v) is 6.53. The normalized spacial score (nSPS) is 15.3. The van der Waals surface area contributed by atoms with Crippen molar-refractivity contribution in [3.05, 3.63) is 120 Å². The molecule has 0 radical (unpaired) electrons. The number of hydrogen-bond donors (Lipinski definition) is 6. The van der Waals surface area contributed by atoms with E-state index in [4.69, 9.17) is 5.73 Å². The van der Waals surface area contributed by atoms with Crippen molar-refractivity contribution in [3.8, 4) is 0 Å². The van der Waals surface area contributed by atoms with Crippen LogP contribution in [-0.4, -0.2) is 59.8 Å². The second-order valence-corrected chi connectivity index (χ2v) is 12.7. The second kappa shape index (κ2) is 15.6. The van der Waals surface area contributed by atoms with E-state index < -0.39 is 35.8 Å². The highest BCUT2D eigenvalue weighted by molar-refractivity contribution is 5.95. The number of primary amides is 1. The zero-order valence-corrected chi connectivity index (χ0v) is 27.3. The first-order valence-corrected chi connectivity index (χ1v) is 16.8. The maximum atomic E-state index is 14.2. The summed E-state index contributed by atoms with van der Waals surface area (Å²) in [7, 11) is 0. The molecule has 7 N–H and O–H groups in total. The Labute approximate surface area is 285 Å². The molecule has 4 amide bonds. The van der Waals surface area contributed by atoms with Gasteiger partial charge in [0.25, 0.3) is 0 Å². The van der Waals surface area contributed by atoms with Gasteiger partial charge in [-0.3, -0.25) is 19.2 Å². The number of benzene rings is 4. The van der Waals surface area contributed by atoms with Crippen molar-refractivity contribution in [2.45, 2.75) is 50.2 Å². The minimum absolute atomic E-state index is 0.142. The van der Waals surface area contributed by atoms with E-state index in [9.17, 15) is 19.2 Å². The van der Waals surface area contributed by atoms with Crippen molar-refractivity contribution in [2.24, 2.45) is 11.7 Å². The van der Waals surface area contributed by atoms with E-state index in [1.165, 1.54) is 0 Å². The highest BCUT2D eigenvalue weighted by Crippen LogP contribution is 2.21. The van der Waals surface area contributed by atoms with Crippen molar-refractivity contribution in [2.75, 3.05) is 13.1 Å².